The molecule has 0 radical (unpaired) electrons. The van der Waals surface area contributed by atoms with E-state index in [1.807, 2.05) is 0 Å². The van der Waals surface area contributed by atoms with Crippen molar-refractivity contribution in [2.75, 3.05) is 6.61 Å². The van der Waals surface area contributed by atoms with Crippen LogP contribution in [0.3, 0.4) is 0 Å². The van der Waals surface area contributed by atoms with Gasteiger partial charge < -0.3 is 9.47 Å². The van der Waals surface area contributed by atoms with Crippen molar-refractivity contribution >= 4 is 5.97 Å². The predicted octanol–water partition coefficient (Wildman–Crippen LogP) is 0.586. The van der Waals surface area contributed by atoms with Gasteiger partial charge in [0.05, 0.1) is 12.0 Å². The molecule has 0 aromatic rings. The molecule has 13 heavy (non-hydrogen) atoms. The van der Waals surface area contributed by atoms with Crippen molar-refractivity contribution in [1.82, 2.24) is 0 Å². The summed E-state index contributed by atoms with van der Waals surface area (Å²) in [4.78, 5) is 11.4. The molecule has 0 bridgehead atoms. The number of hydrogen-bond donors (Lipinski definition) is 0. The smallest absolute Gasteiger partial charge is 0.313 e. The summed E-state index contributed by atoms with van der Waals surface area (Å²) in [7, 11) is 0. The summed E-state index contributed by atoms with van der Waals surface area (Å²) in [6, 6.07) is 0. The van der Waals surface area contributed by atoms with Crippen molar-refractivity contribution in [2.45, 2.75) is 25.6 Å². The van der Waals surface area contributed by atoms with Gasteiger partial charge in [-0.2, -0.15) is 0 Å². The predicted molar refractivity (Wildman–Crippen MR) is 45.7 cm³/mol. The van der Waals surface area contributed by atoms with Crippen molar-refractivity contribution in [3.05, 3.63) is 0 Å². The summed E-state index contributed by atoms with van der Waals surface area (Å²) in [5.74, 6) is 2.53. The third-order valence-corrected chi connectivity index (χ3v) is 2.66. The zero-order valence-electron chi connectivity index (χ0n) is 7.53. The van der Waals surface area contributed by atoms with Gasteiger partial charge in [-0.15, -0.1) is 6.42 Å². The van der Waals surface area contributed by atoms with E-state index in [2.05, 4.69) is 5.92 Å². The van der Waals surface area contributed by atoms with E-state index >= 15 is 0 Å². The fraction of sp³-hybridized carbons (Fsp3) is 0.700. The average Bonchev–Trinajstić information content (AvgIpc) is 2.61. The Bertz CT molecular complexity index is 256. The second-order valence-corrected chi connectivity index (χ2v) is 3.56. The lowest BCUT2D eigenvalue weighted by Crippen LogP contribution is -2.18. The van der Waals surface area contributed by atoms with Crippen molar-refractivity contribution in [2.24, 2.45) is 11.8 Å². The van der Waals surface area contributed by atoms with E-state index in [4.69, 9.17) is 15.9 Å². The molecule has 2 rings (SSSR count). The van der Waals surface area contributed by atoms with Crippen LogP contribution in [-0.4, -0.2) is 24.8 Å². The molecule has 2 fully saturated rings. The number of fused-ring (bicyclic) bond motifs is 1. The molecule has 1 saturated carbocycles. The summed E-state index contributed by atoms with van der Waals surface area (Å²) >= 11 is 0. The van der Waals surface area contributed by atoms with Crippen LogP contribution in [0.2, 0.25) is 0 Å². The quantitative estimate of drug-likeness (QED) is 0.461. The summed E-state index contributed by atoms with van der Waals surface area (Å²) in [5.41, 5.74) is 0. The van der Waals surface area contributed by atoms with E-state index in [1.54, 1.807) is 6.92 Å². The molecule has 0 N–H and O–H groups in total. The highest BCUT2D eigenvalue weighted by atomic mass is 16.6. The van der Waals surface area contributed by atoms with Crippen LogP contribution in [0.5, 0.6) is 0 Å². The van der Waals surface area contributed by atoms with Crippen LogP contribution in [0.25, 0.3) is 0 Å². The first kappa shape index (κ1) is 8.58. The number of rotatable bonds is 2. The van der Waals surface area contributed by atoms with Crippen molar-refractivity contribution in [3.63, 3.8) is 0 Å². The highest BCUT2D eigenvalue weighted by Crippen LogP contribution is 2.49. The van der Waals surface area contributed by atoms with E-state index in [0.29, 0.717) is 5.92 Å². The Morgan fingerprint density at radius 3 is 3.08 bits per heavy atom. The average molecular weight is 180 g/mol. The Hall–Kier alpha value is -1.01. The third-order valence-electron chi connectivity index (χ3n) is 2.66. The van der Waals surface area contributed by atoms with Crippen LogP contribution < -0.4 is 0 Å². The zero-order valence-corrected chi connectivity index (χ0v) is 7.53. The molecule has 3 nitrogen and oxygen atoms in total. The van der Waals surface area contributed by atoms with Gasteiger partial charge in [-0.1, -0.05) is 5.92 Å². The van der Waals surface area contributed by atoms with Crippen molar-refractivity contribution in [3.8, 4) is 12.3 Å². The van der Waals surface area contributed by atoms with E-state index in [0.717, 1.165) is 13.0 Å². The van der Waals surface area contributed by atoms with E-state index in [-0.39, 0.29) is 18.0 Å². The Morgan fingerprint density at radius 1 is 1.77 bits per heavy atom. The van der Waals surface area contributed by atoms with Crippen LogP contribution in [0.15, 0.2) is 0 Å². The lowest BCUT2D eigenvalue weighted by atomic mass is 10.2. The number of ether oxygens (including phenoxy) is 2. The van der Waals surface area contributed by atoms with Gasteiger partial charge in [0.25, 0.3) is 0 Å². The number of carbonyl (C=O) groups excluding carboxylic acids is 1. The molecule has 4 unspecified atom stereocenters. The second-order valence-electron chi connectivity index (χ2n) is 3.56. The molecule has 0 spiro atoms. The lowest BCUT2D eigenvalue weighted by Gasteiger charge is -2.07. The Balaban J connectivity index is 1.84. The summed E-state index contributed by atoms with van der Waals surface area (Å²) in [6.07, 6.45) is 5.78. The number of carbonyl (C=O) groups is 1. The summed E-state index contributed by atoms with van der Waals surface area (Å²) in [6.45, 7) is 2.47. The third kappa shape index (κ3) is 1.42. The molecule has 1 aliphatic heterocycles. The highest BCUT2D eigenvalue weighted by Gasteiger charge is 2.59. The van der Waals surface area contributed by atoms with Crippen LogP contribution in [-0.2, 0) is 14.3 Å². The SMILES string of the molecule is C#CC(C)OC(=O)C1C2CCOC21. The van der Waals surface area contributed by atoms with Crippen LogP contribution >= 0.6 is 0 Å². The second kappa shape index (κ2) is 3.04. The fourth-order valence-corrected chi connectivity index (χ4v) is 1.85. The Morgan fingerprint density at radius 2 is 2.54 bits per heavy atom. The first-order valence-corrected chi connectivity index (χ1v) is 4.52. The molecule has 0 amide bonds. The van der Waals surface area contributed by atoms with Crippen LogP contribution in [0.1, 0.15) is 13.3 Å². The zero-order chi connectivity index (χ0) is 9.42. The highest BCUT2D eigenvalue weighted by molar-refractivity contribution is 5.77. The summed E-state index contributed by atoms with van der Waals surface area (Å²) in [5, 5.41) is 0. The molecule has 1 heterocycles. The molecule has 0 aromatic heterocycles. The van der Waals surface area contributed by atoms with E-state index in [1.165, 1.54) is 0 Å². The van der Waals surface area contributed by atoms with Gasteiger partial charge in [0, 0.05) is 12.5 Å². The number of esters is 1. The Kier molecular flexibility index (Phi) is 2.01. The topological polar surface area (TPSA) is 35.5 Å². The van der Waals surface area contributed by atoms with Gasteiger partial charge in [-0.05, 0) is 13.3 Å². The van der Waals surface area contributed by atoms with Gasteiger partial charge in [0.15, 0.2) is 6.10 Å². The maximum absolute atomic E-state index is 11.4. The minimum absolute atomic E-state index is 0.0375. The molecule has 1 saturated heterocycles. The maximum atomic E-state index is 11.4. The van der Waals surface area contributed by atoms with Gasteiger partial charge in [-0.25, -0.2) is 0 Å². The standard InChI is InChI=1S/C10H12O3/c1-3-6(2)13-10(11)8-7-4-5-12-9(7)8/h1,6-9H,4-5H2,2H3. The van der Waals surface area contributed by atoms with Crippen LogP contribution in [0, 0.1) is 24.2 Å². The van der Waals surface area contributed by atoms with Crippen molar-refractivity contribution < 1.29 is 14.3 Å². The van der Waals surface area contributed by atoms with Crippen LogP contribution in [0.4, 0.5) is 0 Å². The number of terminal acetylenes is 1. The van der Waals surface area contributed by atoms with Gasteiger partial charge in [0.2, 0.25) is 0 Å². The molecule has 0 aromatic carbocycles. The molecule has 70 valence electrons. The molecule has 1 aliphatic carbocycles. The van der Waals surface area contributed by atoms with Gasteiger partial charge >= 0.3 is 5.97 Å². The largest absolute Gasteiger partial charge is 0.449 e. The minimum Gasteiger partial charge on any atom is -0.449 e. The number of hydrogen-bond acceptors (Lipinski definition) is 3. The molecular formula is C10H12O3. The normalized spacial score (nSPS) is 37.4. The van der Waals surface area contributed by atoms with E-state index in [9.17, 15) is 4.79 Å². The fourth-order valence-electron chi connectivity index (χ4n) is 1.85. The van der Waals surface area contributed by atoms with E-state index < -0.39 is 6.10 Å². The maximum Gasteiger partial charge on any atom is 0.313 e. The van der Waals surface area contributed by atoms with Gasteiger partial charge in [0.1, 0.15) is 0 Å². The Labute approximate surface area is 77.4 Å². The lowest BCUT2D eigenvalue weighted by molar-refractivity contribution is -0.149. The first-order valence-electron chi connectivity index (χ1n) is 4.52. The molecular weight excluding hydrogens is 168 g/mol. The van der Waals surface area contributed by atoms with Gasteiger partial charge in [-0.3, -0.25) is 4.79 Å². The molecule has 2 aliphatic rings. The molecule has 4 atom stereocenters. The van der Waals surface area contributed by atoms with Crippen molar-refractivity contribution in [1.29, 1.82) is 0 Å². The monoisotopic (exact) mass is 180 g/mol. The summed E-state index contributed by atoms with van der Waals surface area (Å²) < 4.78 is 10.3. The minimum atomic E-state index is -0.422. The molecule has 3 heteroatoms. The first-order chi connectivity index (χ1) is 6.24.